The first-order valence-electron chi connectivity index (χ1n) is 10.8. The van der Waals surface area contributed by atoms with Gasteiger partial charge in [0.2, 0.25) is 0 Å². The molecule has 4 heteroatoms. The summed E-state index contributed by atoms with van der Waals surface area (Å²) in [7, 11) is 0. The Morgan fingerprint density at radius 1 is 1.11 bits per heavy atom. The number of benzene rings is 1. The van der Waals surface area contributed by atoms with E-state index in [4.69, 9.17) is 5.11 Å². The molecule has 156 valence electrons. The van der Waals surface area contributed by atoms with Gasteiger partial charge in [0.05, 0.1) is 12.2 Å². The number of aliphatic hydroxyl groups is 2. The first-order valence-corrected chi connectivity index (χ1v) is 10.8. The molecule has 0 unspecified atom stereocenters. The van der Waals surface area contributed by atoms with Crippen LogP contribution in [0.2, 0.25) is 0 Å². The summed E-state index contributed by atoms with van der Waals surface area (Å²) in [5.74, 6) is 0.00407. The number of carboxylic acids is 1. The highest BCUT2D eigenvalue weighted by atomic mass is 16.4. The number of rotatable bonds is 13. The molecule has 1 aliphatic rings. The second kappa shape index (κ2) is 12.7. The molecule has 0 radical (unpaired) electrons. The van der Waals surface area contributed by atoms with Crippen LogP contribution in [0.4, 0.5) is 0 Å². The van der Waals surface area contributed by atoms with Crippen LogP contribution in [0.3, 0.4) is 0 Å². The molecule has 1 aromatic rings. The molecule has 3 N–H and O–H groups in total. The standard InChI is InChI=1S/C24H36O4/c25-21(13-8-11-19-9-4-3-5-10-19)16-17-22-20(15-18-23(22)26)12-6-1-2-7-14-24(27)28/h1,3-6,9-10,20-23,25-26H,2,7-8,11-18H2,(H,27,28)/b6-1-/t20-,21-,22+,23+/m0/s1. The SMILES string of the molecule is O=C(O)CCC/C=C\C[C@H]1CC[C@@H](O)[C@@H]1CC[C@@H](O)CCCc1ccccc1. The molecule has 0 aliphatic heterocycles. The normalized spacial score (nSPS) is 23.3. The number of hydrogen-bond acceptors (Lipinski definition) is 3. The van der Waals surface area contributed by atoms with Crippen LogP contribution in [0.25, 0.3) is 0 Å². The van der Waals surface area contributed by atoms with Gasteiger partial charge in [0.25, 0.3) is 0 Å². The number of aliphatic hydroxyl groups excluding tert-OH is 2. The number of aryl methyl sites for hydroxylation is 1. The minimum atomic E-state index is -0.741. The molecule has 0 saturated heterocycles. The Labute approximate surface area is 169 Å². The fraction of sp³-hybridized carbons (Fsp3) is 0.625. The molecule has 1 fully saturated rings. The van der Waals surface area contributed by atoms with Gasteiger partial charge < -0.3 is 15.3 Å². The Morgan fingerprint density at radius 3 is 2.64 bits per heavy atom. The van der Waals surface area contributed by atoms with Gasteiger partial charge in [0.1, 0.15) is 0 Å². The van der Waals surface area contributed by atoms with Crippen LogP contribution in [0.15, 0.2) is 42.5 Å². The van der Waals surface area contributed by atoms with Crippen LogP contribution >= 0.6 is 0 Å². The van der Waals surface area contributed by atoms with Crippen LogP contribution in [0.5, 0.6) is 0 Å². The summed E-state index contributed by atoms with van der Waals surface area (Å²) < 4.78 is 0. The third-order valence-corrected chi connectivity index (χ3v) is 5.98. The van der Waals surface area contributed by atoms with Gasteiger partial charge in [0.15, 0.2) is 0 Å². The minimum absolute atomic E-state index is 0.220. The minimum Gasteiger partial charge on any atom is -0.481 e. The van der Waals surface area contributed by atoms with Crippen molar-refractivity contribution in [2.45, 2.75) is 82.8 Å². The van der Waals surface area contributed by atoms with Crippen LogP contribution in [-0.4, -0.2) is 33.5 Å². The van der Waals surface area contributed by atoms with Gasteiger partial charge in [-0.2, -0.15) is 0 Å². The van der Waals surface area contributed by atoms with Crippen molar-refractivity contribution in [2.75, 3.05) is 0 Å². The van der Waals surface area contributed by atoms with Crippen molar-refractivity contribution in [3.05, 3.63) is 48.0 Å². The maximum atomic E-state index is 10.5. The average Bonchev–Trinajstić information content (AvgIpc) is 3.03. The van der Waals surface area contributed by atoms with Crippen molar-refractivity contribution in [3.63, 3.8) is 0 Å². The summed E-state index contributed by atoms with van der Waals surface area (Å²) in [4.78, 5) is 10.5. The van der Waals surface area contributed by atoms with E-state index >= 15 is 0 Å². The monoisotopic (exact) mass is 388 g/mol. The molecule has 0 spiro atoms. The van der Waals surface area contributed by atoms with Crippen molar-refractivity contribution in [3.8, 4) is 0 Å². The average molecular weight is 389 g/mol. The predicted molar refractivity (Wildman–Crippen MR) is 112 cm³/mol. The van der Waals surface area contributed by atoms with E-state index in [1.54, 1.807) is 0 Å². The van der Waals surface area contributed by atoms with Gasteiger partial charge >= 0.3 is 5.97 Å². The number of carbonyl (C=O) groups is 1. The zero-order valence-corrected chi connectivity index (χ0v) is 16.9. The van der Waals surface area contributed by atoms with Crippen LogP contribution in [-0.2, 0) is 11.2 Å². The van der Waals surface area contributed by atoms with E-state index in [0.29, 0.717) is 12.3 Å². The van der Waals surface area contributed by atoms with Gasteiger partial charge in [-0.3, -0.25) is 4.79 Å². The van der Waals surface area contributed by atoms with Crippen LogP contribution in [0.1, 0.15) is 69.8 Å². The molecular weight excluding hydrogens is 352 g/mol. The summed E-state index contributed by atoms with van der Waals surface area (Å²) in [6.07, 6.45) is 12.6. The van der Waals surface area contributed by atoms with Gasteiger partial charge in [-0.25, -0.2) is 0 Å². The molecule has 1 saturated carbocycles. The largest absolute Gasteiger partial charge is 0.481 e. The highest BCUT2D eigenvalue weighted by Crippen LogP contribution is 2.38. The Kier molecular flexibility index (Phi) is 10.3. The van der Waals surface area contributed by atoms with Crippen molar-refractivity contribution < 1.29 is 20.1 Å². The Morgan fingerprint density at radius 2 is 1.89 bits per heavy atom. The van der Waals surface area contributed by atoms with E-state index in [9.17, 15) is 15.0 Å². The first kappa shape index (κ1) is 22.6. The molecule has 1 aromatic carbocycles. The summed E-state index contributed by atoms with van der Waals surface area (Å²) >= 11 is 0. The second-order valence-corrected chi connectivity index (χ2v) is 8.17. The van der Waals surface area contributed by atoms with E-state index in [-0.39, 0.29) is 24.5 Å². The van der Waals surface area contributed by atoms with Crippen molar-refractivity contribution in [2.24, 2.45) is 11.8 Å². The molecule has 0 amide bonds. The molecule has 4 nitrogen and oxygen atoms in total. The molecule has 0 aromatic heterocycles. The third kappa shape index (κ3) is 8.57. The lowest BCUT2D eigenvalue weighted by Gasteiger charge is -2.22. The fourth-order valence-corrected chi connectivity index (χ4v) is 4.32. The van der Waals surface area contributed by atoms with Crippen molar-refractivity contribution in [1.29, 1.82) is 0 Å². The van der Waals surface area contributed by atoms with E-state index in [0.717, 1.165) is 57.8 Å². The number of unbranched alkanes of at least 4 members (excludes halogenated alkanes) is 1. The van der Waals surface area contributed by atoms with Gasteiger partial charge in [0, 0.05) is 6.42 Å². The molecule has 2 rings (SSSR count). The van der Waals surface area contributed by atoms with E-state index in [1.807, 2.05) is 18.2 Å². The van der Waals surface area contributed by atoms with Gasteiger partial charge in [-0.05, 0) is 81.6 Å². The van der Waals surface area contributed by atoms with Crippen LogP contribution in [0, 0.1) is 11.8 Å². The smallest absolute Gasteiger partial charge is 0.303 e. The lowest BCUT2D eigenvalue weighted by Crippen LogP contribution is -2.21. The van der Waals surface area contributed by atoms with Crippen molar-refractivity contribution in [1.82, 2.24) is 0 Å². The lowest BCUT2D eigenvalue weighted by atomic mass is 9.86. The maximum absolute atomic E-state index is 10.5. The number of aliphatic carboxylic acids is 1. The van der Waals surface area contributed by atoms with E-state index in [1.165, 1.54) is 5.56 Å². The Bertz CT molecular complexity index is 584. The summed E-state index contributed by atoms with van der Waals surface area (Å²) in [6.45, 7) is 0. The Hall–Kier alpha value is -1.65. The van der Waals surface area contributed by atoms with E-state index < -0.39 is 5.97 Å². The van der Waals surface area contributed by atoms with Gasteiger partial charge in [-0.15, -0.1) is 0 Å². The summed E-state index contributed by atoms with van der Waals surface area (Å²) in [5, 5.41) is 29.3. The molecule has 4 atom stereocenters. The number of hydrogen-bond donors (Lipinski definition) is 3. The highest BCUT2D eigenvalue weighted by Gasteiger charge is 2.33. The van der Waals surface area contributed by atoms with E-state index in [2.05, 4.69) is 24.3 Å². The highest BCUT2D eigenvalue weighted by molar-refractivity contribution is 5.66. The zero-order valence-electron chi connectivity index (χ0n) is 16.9. The third-order valence-electron chi connectivity index (χ3n) is 5.98. The molecule has 28 heavy (non-hydrogen) atoms. The first-order chi connectivity index (χ1) is 13.6. The lowest BCUT2D eigenvalue weighted by molar-refractivity contribution is -0.137. The summed E-state index contributed by atoms with van der Waals surface area (Å²) in [6, 6.07) is 10.4. The maximum Gasteiger partial charge on any atom is 0.303 e. The topological polar surface area (TPSA) is 77.8 Å². The van der Waals surface area contributed by atoms with Crippen molar-refractivity contribution >= 4 is 5.97 Å². The predicted octanol–water partition coefficient (Wildman–Crippen LogP) is 4.74. The fourth-order valence-electron chi connectivity index (χ4n) is 4.32. The molecule has 0 bridgehead atoms. The Balaban J connectivity index is 1.64. The number of allylic oxidation sites excluding steroid dienone is 2. The summed E-state index contributed by atoms with van der Waals surface area (Å²) in [5.41, 5.74) is 1.32. The van der Waals surface area contributed by atoms with Crippen LogP contribution < -0.4 is 0 Å². The molecule has 0 heterocycles. The van der Waals surface area contributed by atoms with Gasteiger partial charge in [-0.1, -0.05) is 42.5 Å². The molecule has 1 aliphatic carbocycles. The second-order valence-electron chi connectivity index (χ2n) is 8.17. The quantitative estimate of drug-likeness (QED) is 0.337. The number of carboxylic acid groups (broad SMARTS) is 1. The molecular formula is C24H36O4. The zero-order chi connectivity index (χ0) is 20.2.